The molecule has 1 unspecified atom stereocenters. The van der Waals surface area contributed by atoms with Crippen LogP contribution in [0.3, 0.4) is 0 Å². The number of nitrogens with zero attached hydrogens (tertiary/aromatic N) is 3. The van der Waals surface area contributed by atoms with Crippen molar-refractivity contribution < 1.29 is 9.53 Å². The molecule has 7 heteroatoms. The van der Waals surface area contributed by atoms with Crippen LogP contribution in [0, 0.1) is 6.92 Å². The largest absolute Gasteiger partial charge is 0.379 e. The smallest absolute Gasteiger partial charge is 0.318 e. The molecule has 2 aromatic carbocycles. The summed E-state index contributed by atoms with van der Waals surface area (Å²) in [5.74, 6) is 0. The third-order valence-electron chi connectivity index (χ3n) is 6.12. The van der Waals surface area contributed by atoms with Gasteiger partial charge in [-0.05, 0) is 30.2 Å². The number of hydrogen-bond acceptors (Lipinski definition) is 4. The zero-order chi connectivity index (χ0) is 21.6. The van der Waals surface area contributed by atoms with Gasteiger partial charge in [-0.15, -0.1) is 0 Å². The number of anilines is 1. The quantitative estimate of drug-likeness (QED) is 0.769. The topological polar surface area (TPSA) is 48.0 Å². The molecule has 1 atom stereocenters. The fourth-order valence-electron chi connectivity index (χ4n) is 4.28. The lowest BCUT2D eigenvalue weighted by Crippen LogP contribution is -2.53. The van der Waals surface area contributed by atoms with Gasteiger partial charge in [0, 0.05) is 56.5 Å². The van der Waals surface area contributed by atoms with Gasteiger partial charge in [-0.25, -0.2) is 4.79 Å². The predicted octanol–water partition coefficient (Wildman–Crippen LogP) is 3.55. The van der Waals surface area contributed by atoms with Gasteiger partial charge in [0.15, 0.2) is 0 Å². The summed E-state index contributed by atoms with van der Waals surface area (Å²) in [6, 6.07) is 16.2. The summed E-state index contributed by atoms with van der Waals surface area (Å²) in [5, 5.41) is 4.04. The number of carbonyl (C=O) groups is 1. The standard InChI is InChI=1S/C24H31ClN4O2/c1-19-7-8-21(25)17-23(19)28-9-11-29(12-10-28)24(30)26-22(20-5-3-2-4-6-20)18-27-13-15-31-16-14-27/h2-8,17,22H,9-16,18H2,1H3,(H,26,30). The normalized spacial score (nSPS) is 18.6. The maximum absolute atomic E-state index is 13.1. The van der Waals surface area contributed by atoms with Crippen LogP contribution in [-0.4, -0.2) is 74.9 Å². The first-order valence-corrected chi connectivity index (χ1v) is 11.4. The molecule has 2 fully saturated rings. The van der Waals surface area contributed by atoms with Crippen LogP contribution in [0.15, 0.2) is 48.5 Å². The van der Waals surface area contributed by atoms with E-state index in [-0.39, 0.29) is 12.1 Å². The number of halogens is 1. The summed E-state index contributed by atoms with van der Waals surface area (Å²) < 4.78 is 5.48. The van der Waals surface area contributed by atoms with Crippen molar-refractivity contribution >= 4 is 23.3 Å². The molecule has 2 aliphatic heterocycles. The lowest BCUT2D eigenvalue weighted by molar-refractivity contribution is 0.0337. The van der Waals surface area contributed by atoms with Crippen molar-refractivity contribution in [2.45, 2.75) is 13.0 Å². The summed E-state index contributed by atoms with van der Waals surface area (Å²) in [6.45, 7) is 9.17. The highest BCUT2D eigenvalue weighted by molar-refractivity contribution is 6.30. The molecule has 2 aromatic rings. The number of carbonyl (C=O) groups excluding carboxylic acids is 1. The van der Waals surface area contributed by atoms with Crippen molar-refractivity contribution in [2.75, 3.05) is 63.9 Å². The average Bonchev–Trinajstić information content (AvgIpc) is 2.81. The second-order valence-corrected chi connectivity index (χ2v) is 8.67. The molecule has 0 bridgehead atoms. The highest BCUT2D eigenvalue weighted by atomic mass is 35.5. The lowest BCUT2D eigenvalue weighted by Gasteiger charge is -2.38. The maximum Gasteiger partial charge on any atom is 0.318 e. The number of morpholine rings is 1. The van der Waals surface area contributed by atoms with Crippen molar-refractivity contribution in [3.05, 3.63) is 64.7 Å². The molecule has 0 saturated carbocycles. The van der Waals surface area contributed by atoms with Crippen LogP contribution in [0.5, 0.6) is 0 Å². The first kappa shape index (κ1) is 21.9. The Morgan fingerprint density at radius 2 is 1.74 bits per heavy atom. The van der Waals surface area contributed by atoms with Crippen molar-refractivity contribution in [3.8, 4) is 0 Å². The molecule has 31 heavy (non-hydrogen) atoms. The Kier molecular flexibility index (Phi) is 7.33. The van der Waals surface area contributed by atoms with E-state index in [1.807, 2.05) is 41.3 Å². The van der Waals surface area contributed by atoms with Crippen LogP contribution in [-0.2, 0) is 4.74 Å². The summed E-state index contributed by atoms with van der Waals surface area (Å²) >= 11 is 6.20. The van der Waals surface area contributed by atoms with Gasteiger partial charge in [0.2, 0.25) is 0 Å². The Morgan fingerprint density at radius 3 is 2.45 bits per heavy atom. The van der Waals surface area contributed by atoms with E-state index in [4.69, 9.17) is 16.3 Å². The van der Waals surface area contributed by atoms with E-state index in [0.29, 0.717) is 13.1 Å². The van der Waals surface area contributed by atoms with E-state index >= 15 is 0 Å². The van der Waals surface area contributed by atoms with Gasteiger partial charge in [-0.2, -0.15) is 0 Å². The molecule has 166 valence electrons. The van der Waals surface area contributed by atoms with Gasteiger partial charge < -0.3 is 19.9 Å². The van der Waals surface area contributed by atoms with Crippen LogP contribution in [0.25, 0.3) is 0 Å². The minimum atomic E-state index is -0.0417. The summed E-state index contributed by atoms with van der Waals surface area (Å²) in [6.07, 6.45) is 0. The molecule has 0 aliphatic carbocycles. The minimum absolute atomic E-state index is 0.00424. The van der Waals surface area contributed by atoms with Gasteiger partial charge in [0.1, 0.15) is 0 Å². The van der Waals surface area contributed by atoms with E-state index in [9.17, 15) is 4.79 Å². The van der Waals surface area contributed by atoms with Gasteiger partial charge in [0.05, 0.1) is 19.3 Å². The van der Waals surface area contributed by atoms with Gasteiger partial charge in [-0.1, -0.05) is 48.0 Å². The highest BCUT2D eigenvalue weighted by Gasteiger charge is 2.26. The Labute approximate surface area is 189 Å². The molecule has 4 rings (SSSR count). The van der Waals surface area contributed by atoms with Crippen LogP contribution in [0.4, 0.5) is 10.5 Å². The third kappa shape index (κ3) is 5.70. The Morgan fingerprint density at radius 1 is 1.03 bits per heavy atom. The maximum atomic E-state index is 13.1. The highest BCUT2D eigenvalue weighted by Crippen LogP contribution is 2.25. The second kappa shape index (κ2) is 10.4. The minimum Gasteiger partial charge on any atom is -0.379 e. The van der Waals surface area contributed by atoms with Crippen molar-refractivity contribution in [1.82, 2.24) is 15.1 Å². The molecule has 1 N–H and O–H groups in total. The Hall–Kier alpha value is -2.28. The van der Waals surface area contributed by atoms with E-state index in [1.165, 1.54) is 5.56 Å². The van der Waals surface area contributed by atoms with Crippen LogP contribution in [0.2, 0.25) is 5.02 Å². The number of piperazine rings is 1. The van der Waals surface area contributed by atoms with Crippen LogP contribution < -0.4 is 10.2 Å². The summed E-state index contributed by atoms with van der Waals surface area (Å²) in [4.78, 5) is 19.7. The summed E-state index contributed by atoms with van der Waals surface area (Å²) in [5.41, 5.74) is 3.49. The van der Waals surface area contributed by atoms with Crippen molar-refractivity contribution in [2.24, 2.45) is 0 Å². The molecule has 0 aromatic heterocycles. The van der Waals surface area contributed by atoms with E-state index in [0.717, 1.165) is 62.2 Å². The Balaban J connectivity index is 1.38. The van der Waals surface area contributed by atoms with E-state index < -0.39 is 0 Å². The first-order chi connectivity index (χ1) is 15.1. The van der Waals surface area contributed by atoms with Gasteiger partial charge >= 0.3 is 6.03 Å². The van der Waals surface area contributed by atoms with Crippen molar-refractivity contribution in [1.29, 1.82) is 0 Å². The van der Waals surface area contributed by atoms with Crippen molar-refractivity contribution in [3.63, 3.8) is 0 Å². The zero-order valence-electron chi connectivity index (χ0n) is 18.1. The number of rotatable bonds is 5. The average molecular weight is 443 g/mol. The fourth-order valence-corrected chi connectivity index (χ4v) is 4.44. The van der Waals surface area contributed by atoms with E-state index in [2.05, 4.69) is 34.2 Å². The molecule has 2 aliphatic rings. The van der Waals surface area contributed by atoms with E-state index in [1.54, 1.807) is 0 Å². The number of urea groups is 1. The zero-order valence-corrected chi connectivity index (χ0v) is 18.9. The number of aryl methyl sites for hydroxylation is 1. The van der Waals surface area contributed by atoms with Crippen LogP contribution in [0.1, 0.15) is 17.2 Å². The molecule has 2 saturated heterocycles. The number of amides is 2. The molecular weight excluding hydrogens is 412 g/mol. The fraction of sp³-hybridized carbons (Fsp3) is 0.458. The first-order valence-electron chi connectivity index (χ1n) is 11.0. The molecule has 0 radical (unpaired) electrons. The number of nitrogens with one attached hydrogen (secondary N) is 1. The molecule has 2 heterocycles. The number of benzene rings is 2. The molecule has 2 amide bonds. The van der Waals surface area contributed by atoms with Gasteiger partial charge in [0.25, 0.3) is 0 Å². The lowest BCUT2D eigenvalue weighted by atomic mass is 10.1. The summed E-state index contributed by atoms with van der Waals surface area (Å²) in [7, 11) is 0. The van der Waals surface area contributed by atoms with Gasteiger partial charge in [-0.3, -0.25) is 4.90 Å². The predicted molar refractivity (Wildman–Crippen MR) is 125 cm³/mol. The monoisotopic (exact) mass is 442 g/mol. The number of hydrogen-bond donors (Lipinski definition) is 1. The molecule has 6 nitrogen and oxygen atoms in total. The second-order valence-electron chi connectivity index (χ2n) is 8.23. The molecule has 0 spiro atoms. The van der Waals surface area contributed by atoms with Crippen LogP contribution >= 0.6 is 11.6 Å². The third-order valence-corrected chi connectivity index (χ3v) is 6.36. The molecular formula is C24H31ClN4O2. The SMILES string of the molecule is Cc1ccc(Cl)cc1N1CCN(C(=O)NC(CN2CCOCC2)c2ccccc2)CC1. The number of ether oxygens (including phenoxy) is 1. The Bertz CT molecular complexity index is 865.